The maximum atomic E-state index is 12.4. The zero-order valence-electron chi connectivity index (χ0n) is 18.5. The lowest BCUT2D eigenvalue weighted by molar-refractivity contribution is -0.137. The van der Waals surface area contributed by atoms with E-state index in [2.05, 4.69) is 19.2 Å². The number of carboxylic acids is 1. The highest BCUT2D eigenvalue weighted by molar-refractivity contribution is 5.68. The third-order valence-corrected chi connectivity index (χ3v) is 5.21. The fraction of sp³-hybridized carbons (Fsp3) is 0.308. The normalized spacial score (nSPS) is 13.0. The molecule has 0 saturated carbocycles. The topological polar surface area (TPSA) is 80.6 Å². The number of rotatable bonds is 11. The van der Waals surface area contributed by atoms with E-state index < -0.39 is 12.0 Å². The second-order valence-corrected chi connectivity index (χ2v) is 8.28. The van der Waals surface area contributed by atoms with Crippen molar-refractivity contribution in [1.29, 1.82) is 0 Å². The summed E-state index contributed by atoms with van der Waals surface area (Å²) in [6, 6.07) is 21.5. The number of aromatic nitrogens is 1. The second-order valence-electron chi connectivity index (χ2n) is 8.28. The number of nitrogens with one attached hydrogen (secondary N) is 1. The van der Waals surface area contributed by atoms with E-state index in [0.29, 0.717) is 24.0 Å². The molecule has 168 valence electrons. The monoisotopic (exact) mass is 434 g/mol. The average Bonchev–Trinajstić information content (AvgIpc) is 2.76. The third-order valence-electron chi connectivity index (χ3n) is 5.21. The number of benzene rings is 2. The number of aliphatic carboxylic acids is 1. The van der Waals surface area contributed by atoms with E-state index >= 15 is 0 Å². The number of carbonyl (C=O) groups is 1. The van der Waals surface area contributed by atoms with Gasteiger partial charge in [0.2, 0.25) is 0 Å². The average molecular weight is 435 g/mol. The van der Waals surface area contributed by atoms with Crippen LogP contribution in [0.25, 0.3) is 0 Å². The van der Waals surface area contributed by atoms with Gasteiger partial charge in [-0.1, -0.05) is 50.2 Å². The summed E-state index contributed by atoms with van der Waals surface area (Å²) in [5, 5.41) is 12.9. The molecule has 2 aromatic carbocycles. The van der Waals surface area contributed by atoms with Crippen molar-refractivity contribution in [2.45, 2.75) is 38.8 Å². The molecule has 2 unspecified atom stereocenters. The van der Waals surface area contributed by atoms with Gasteiger partial charge in [-0.05, 0) is 48.2 Å². The Hall–Kier alpha value is -3.38. The van der Waals surface area contributed by atoms with Crippen LogP contribution in [0, 0.1) is 5.92 Å². The summed E-state index contributed by atoms with van der Waals surface area (Å²) in [6.45, 7) is 4.70. The van der Waals surface area contributed by atoms with E-state index in [0.717, 1.165) is 12.0 Å². The molecule has 1 heterocycles. The summed E-state index contributed by atoms with van der Waals surface area (Å²) < 4.78 is 7.64. The number of ether oxygens (including phenoxy) is 1. The molecule has 6 nitrogen and oxygen atoms in total. The maximum Gasteiger partial charge on any atom is 0.305 e. The van der Waals surface area contributed by atoms with Crippen molar-refractivity contribution in [2.75, 3.05) is 6.54 Å². The van der Waals surface area contributed by atoms with Crippen molar-refractivity contribution in [2.24, 2.45) is 5.92 Å². The Bertz CT molecular complexity index is 1060. The van der Waals surface area contributed by atoms with Crippen molar-refractivity contribution in [3.8, 4) is 11.5 Å². The fourth-order valence-electron chi connectivity index (χ4n) is 3.76. The van der Waals surface area contributed by atoms with Crippen molar-refractivity contribution >= 4 is 5.97 Å². The zero-order valence-corrected chi connectivity index (χ0v) is 18.5. The van der Waals surface area contributed by atoms with Gasteiger partial charge in [0.15, 0.2) is 0 Å². The highest BCUT2D eigenvalue weighted by Crippen LogP contribution is 2.26. The summed E-state index contributed by atoms with van der Waals surface area (Å²) in [5.41, 5.74) is 0.762. The minimum atomic E-state index is -0.894. The van der Waals surface area contributed by atoms with E-state index in [-0.39, 0.29) is 18.0 Å². The summed E-state index contributed by atoms with van der Waals surface area (Å²) in [4.78, 5) is 24.0. The number of pyridine rings is 1. The first-order valence-corrected chi connectivity index (χ1v) is 10.9. The molecule has 0 saturated heterocycles. The standard InChI is InChI=1S/C26H30N2O4/c1-19(2)15-21(28-14-7-6-13-25(28)29)18-27-24(17-26(30)31)20-9-8-12-23(16-20)32-22-10-4-3-5-11-22/h3-14,16,19,21,24,27H,15,17-18H2,1-2H3,(H,30,31). The van der Waals surface area contributed by atoms with Gasteiger partial charge in [-0.15, -0.1) is 0 Å². The summed E-state index contributed by atoms with van der Waals surface area (Å²) in [6.07, 6.45) is 2.51. The molecule has 0 spiro atoms. The number of hydrogen-bond donors (Lipinski definition) is 2. The molecule has 2 N–H and O–H groups in total. The van der Waals surface area contributed by atoms with Crippen LogP contribution in [0.5, 0.6) is 11.5 Å². The predicted octanol–water partition coefficient (Wildman–Crippen LogP) is 5.03. The van der Waals surface area contributed by atoms with Gasteiger partial charge in [-0.25, -0.2) is 0 Å². The van der Waals surface area contributed by atoms with Gasteiger partial charge in [0, 0.05) is 30.9 Å². The molecule has 0 aliphatic rings. The molecular formula is C26H30N2O4. The van der Waals surface area contributed by atoms with Crippen LogP contribution in [0.2, 0.25) is 0 Å². The Morgan fingerprint density at radius 2 is 1.72 bits per heavy atom. The number of hydrogen-bond acceptors (Lipinski definition) is 4. The van der Waals surface area contributed by atoms with E-state index in [4.69, 9.17) is 4.74 Å². The first kappa shape index (κ1) is 23.3. The van der Waals surface area contributed by atoms with Crippen LogP contribution in [-0.2, 0) is 4.79 Å². The van der Waals surface area contributed by atoms with E-state index in [1.807, 2.05) is 60.7 Å². The SMILES string of the molecule is CC(C)CC(CNC(CC(=O)O)c1cccc(Oc2ccccc2)c1)n1ccccc1=O. The summed E-state index contributed by atoms with van der Waals surface area (Å²) >= 11 is 0. The highest BCUT2D eigenvalue weighted by Gasteiger charge is 2.20. The molecule has 0 bridgehead atoms. The molecule has 0 fully saturated rings. The van der Waals surface area contributed by atoms with Crippen molar-refractivity contribution < 1.29 is 14.6 Å². The fourth-order valence-corrected chi connectivity index (χ4v) is 3.76. The predicted molar refractivity (Wildman–Crippen MR) is 125 cm³/mol. The van der Waals surface area contributed by atoms with Crippen LogP contribution in [0.4, 0.5) is 0 Å². The van der Waals surface area contributed by atoms with Crippen LogP contribution in [-0.4, -0.2) is 22.2 Å². The Kier molecular flexibility index (Phi) is 8.22. The van der Waals surface area contributed by atoms with Crippen molar-refractivity contribution in [3.63, 3.8) is 0 Å². The summed E-state index contributed by atoms with van der Waals surface area (Å²) in [7, 11) is 0. The molecule has 6 heteroatoms. The van der Waals surface area contributed by atoms with Gasteiger partial charge in [0.05, 0.1) is 6.42 Å². The van der Waals surface area contributed by atoms with Crippen LogP contribution in [0.1, 0.15) is 44.3 Å². The molecule has 0 radical (unpaired) electrons. The zero-order chi connectivity index (χ0) is 22.9. The van der Waals surface area contributed by atoms with Gasteiger partial charge in [-0.2, -0.15) is 0 Å². The maximum absolute atomic E-state index is 12.4. The molecule has 2 atom stereocenters. The lowest BCUT2D eigenvalue weighted by atomic mass is 10.0. The van der Waals surface area contributed by atoms with E-state index in [1.54, 1.807) is 22.9 Å². The highest BCUT2D eigenvalue weighted by atomic mass is 16.5. The minimum absolute atomic E-state index is 0.0620. The molecule has 32 heavy (non-hydrogen) atoms. The lowest BCUT2D eigenvalue weighted by Crippen LogP contribution is -2.35. The smallest absolute Gasteiger partial charge is 0.305 e. The van der Waals surface area contributed by atoms with E-state index in [9.17, 15) is 14.7 Å². The lowest BCUT2D eigenvalue weighted by Gasteiger charge is -2.25. The van der Waals surface area contributed by atoms with Crippen LogP contribution in [0.3, 0.4) is 0 Å². The number of carboxylic acid groups (broad SMARTS) is 1. The van der Waals surface area contributed by atoms with Crippen LogP contribution < -0.4 is 15.6 Å². The molecular weight excluding hydrogens is 404 g/mol. The first-order chi connectivity index (χ1) is 15.4. The van der Waals surface area contributed by atoms with E-state index in [1.165, 1.54) is 0 Å². The van der Waals surface area contributed by atoms with Gasteiger partial charge in [0.1, 0.15) is 11.5 Å². The van der Waals surface area contributed by atoms with Crippen LogP contribution in [0.15, 0.2) is 83.8 Å². The molecule has 0 amide bonds. The van der Waals surface area contributed by atoms with Crippen molar-refractivity contribution in [1.82, 2.24) is 9.88 Å². The quantitative estimate of drug-likeness (QED) is 0.442. The van der Waals surface area contributed by atoms with Gasteiger partial charge in [0.25, 0.3) is 5.56 Å². The Morgan fingerprint density at radius 1 is 1.00 bits per heavy atom. The van der Waals surface area contributed by atoms with Gasteiger partial charge in [-0.3, -0.25) is 9.59 Å². The minimum Gasteiger partial charge on any atom is -0.481 e. The molecule has 0 aliphatic heterocycles. The van der Waals surface area contributed by atoms with Gasteiger partial charge >= 0.3 is 5.97 Å². The van der Waals surface area contributed by atoms with Crippen molar-refractivity contribution in [3.05, 3.63) is 94.9 Å². The Balaban J connectivity index is 1.80. The number of para-hydroxylation sites is 1. The molecule has 0 aliphatic carbocycles. The Morgan fingerprint density at radius 3 is 2.41 bits per heavy atom. The molecule has 3 rings (SSSR count). The second kappa shape index (κ2) is 11.3. The van der Waals surface area contributed by atoms with Gasteiger partial charge < -0.3 is 19.7 Å². The molecule has 3 aromatic rings. The molecule has 1 aromatic heterocycles. The largest absolute Gasteiger partial charge is 0.481 e. The first-order valence-electron chi connectivity index (χ1n) is 10.9. The number of nitrogens with zero attached hydrogens (tertiary/aromatic N) is 1. The third kappa shape index (κ3) is 6.82. The summed E-state index contributed by atoms with van der Waals surface area (Å²) in [5.74, 6) is 0.848. The van der Waals surface area contributed by atoms with Crippen LogP contribution >= 0.6 is 0 Å². The Labute approximate surface area is 188 Å².